The van der Waals surface area contributed by atoms with Gasteiger partial charge in [0, 0.05) is 24.1 Å². The van der Waals surface area contributed by atoms with E-state index < -0.39 is 41.1 Å². The van der Waals surface area contributed by atoms with Crippen LogP contribution in [0.5, 0.6) is 5.75 Å². The number of aromatic hydroxyl groups is 1. The van der Waals surface area contributed by atoms with Crippen molar-refractivity contribution in [1.29, 1.82) is 0 Å². The van der Waals surface area contributed by atoms with Gasteiger partial charge in [-0.2, -0.15) is 0 Å². The third-order valence-corrected chi connectivity index (χ3v) is 6.13. The first kappa shape index (κ1) is 31.7. The van der Waals surface area contributed by atoms with Gasteiger partial charge >= 0.3 is 6.09 Å². The van der Waals surface area contributed by atoms with E-state index in [0.29, 0.717) is 17.7 Å². The van der Waals surface area contributed by atoms with Gasteiger partial charge in [-0.3, -0.25) is 9.59 Å². The maximum absolute atomic E-state index is 14.4. The highest BCUT2D eigenvalue weighted by molar-refractivity contribution is 5.93. The predicted octanol–water partition coefficient (Wildman–Crippen LogP) is 5.42. The Morgan fingerprint density at radius 1 is 0.974 bits per heavy atom. The molecule has 8 nitrogen and oxygen atoms in total. The Labute approximate surface area is 233 Å². The summed E-state index contributed by atoms with van der Waals surface area (Å²) in [7, 11) is 0. The summed E-state index contributed by atoms with van der Waals surface area (Å²) in [5.41, 5.74) is 0.132. The first-order chi connectivity index (χ1) is 18.2. The molecule has 0 saturated heterocycles. The Morgan fingerprint density at radius 3 is 2.18 bits per heavy atom. The Morgan fingerprint density at radius 2 is 1.62 bits per heavy atom. The van der Waals surface area contributed by atoms with Gasteiger partial charge in [0.15, 0.2) is 0 Å². The third kappa shape index (κ3) is 9.30. The zero-order chi connectivity index (χ0) is 29.4. The van der Waals surface area contributed by atoms with Crippen molar-refractivity contribution in [1.82, 2.24) is 15.5 Å². The molecule has 0 radical (unpaired) electrons. The minimum atomic E-state index is -1.13. The summed E-state index contributed by atoms with van der Waals surface area (Å²) in [4.78, 5) is 42.5. The lowest BCUT2D eigenvalue weighted by molar-refractivity contribution is -0.148. The number of phenols is 1. The molecule has 0 spiro atoms. The van der Waals surface area contributed by atoms with E-state index in [1.807, 2.05) is 58.0 Å². The number of benzene rings is 2. The van der Waals surface area contributed by atoms with Gasteiger partial charge in [-0.15, -0.1) is 0 Å². The van der Waals surface area contributed by atoms with Crippen molar-refractivity contribution in [3.05, 3.63) is 65.2 Å². The predicted molar refractivity (Wildman–Crippen MR) is 153 cm³/mol. The van der Waals surface area contributed by atoms with Crippen LogP contribution in [0.2, 0.25) is 0 Å². The smallest absolute Gasteiger partial charge is 0.408 e. The Kier molecular flexibility index (Phi) is 11.0. The van der Waals surface area contributed by atoms with Crippen molar-refractivity contribution in [3.63, 3.8) is 0 Å². The van der Waals surface area contributed by atoms with Crippen LogP contribution in [0.3, 0.4) is 0 Å². The second-order valence-electron chi connectivity index (χ2n) is 11.8. The molecule has 2 aromatic carbocycles. The van der Waals surface area contributed by atoms with E-state index in [-0.39, 0.29) is 12.2 Å². The number of hydrogen-bond acceptors (Lipinski definition) is 5. The maximum atomic E-state index is 14.4. The maximum Gasteiger partial charge on any atom is 0.408 e. The number of rotatable bonds is 10. The molecule has 3 N–H and O–H groups in total. The second kappa shape index (κ2) is 13.5. The average Bonchev–Trinajstić information content (AvgIpc) is 2.82. The molecule has 0 saturated carbocycles. The van der Waals surface area contributed by atoms with E-state index in [0.717, 1.165) is 18.4 Å². The Hall–Kier alpha value is -3.55. The van der Waals surface area contributed by atoms with Crippen molar-refractivity contribution in [3.8, 4) is 5.75 Å². The van der Waals surface area contributed by atoms with Crippen LogP contribution in [-0.4, -0.2) is 51.6 Å². The lowest BCUT2D eigenvalue weighted by atomic mass is 9.93. The molecule has 0 bridgehead atoms. The number of aryl methyl sites for hydroxylation is 1. The summed E-state index contributed by atoms with van der Waals surface area (Å²) in [5.74, 6) is -0.910. The topological polar surface area (TPSA) is 108 Å². The highest BCUT2D eigenvalue weighted by Gasteiger charge is 2.43. The Bertz CT molecular complexity index is 1120. The summed E-state index contributed by atoms with van der Waals surface area (Å²) in [6, 6.07) is 12.3. The van der Waals surface area contributed by atoms with Gasteiger partial charge in [0.25, 0.3) is 0 Å². The highest BCUT2D eigenvalue weighted by atomic mass is 16.6. The van der Waals surface area contributed by atoms with E-state index in [9.17, 15) is 19.5 Å². The highest BCUT2D eigenvalue weighted by Crippen LogP contribution is 2.36. The monoisotopic (exact) mass is 539 g/mol. The molecule has 0 aliphatic carbocycles. The van der Waals surface area contributed by atoms with Crippen LogP contribution in [-0.2, 0) is 20.7 Å². The molecule has 0 aliphatic heterocycles. The first-order valence-electron chi connectivity index (χ1n) is 13.6. The second-order valence-corrected chi connectivity index (χ2v) is 11.8. The lowest BCUT2D eigenvalue weighted by Crippen LogP contribution is -2.59. The molecule has 2 aromatic rings. The van der Waals surface area contributed by atoms with Gasteiger partial charge in [0.2, 0.25) is 11.8 Å². The van der Waals surface area contributed by atoms with Crippen LogP contribution in [0, 0.1) is 6.92 Å². The number of phenolic OH excluding ortho intramolecular Hbond substituents is 1. The van der Waals surface area contributed by atoms with Crippen LogP contribution in [0.1, 0.15) is 84.0 Å². The molecule has 0 fully saturated rings. The van der Waals surface area contributed by atoms with E-state index >= 15 is 0 Å². The summed E-state index contributed by atoms with van der Waals surface area (Å²) < 4.78 is 5.47. The summed E-state index contributed by atoms with van der Waals surface area (Å²) >= 11 is 0. The van der Waals surface area contributed by atoms with Gasteiger partial charge in [-0.05, 0) is 66.0 Å². The standard InChI is InChI=1S/C31H45N3O5/c1-9-10-19-32-27(36)25(23-18-14-15-21(2)26(23)35)34(30(3,4)5)28(37)24(20-22-16-12-11-13-17-22)33-29(38)39-31(6,7)8/h11-18,24-25,35H,9-10,19-20H2,1-8H3,(H,32,36)(H,33,38). The number of carbonyl (C=O) groups is 3. The molecule has 39 heavy (non-hydrogen) atoms. The van der Waals surface area contributed by atoms with Gasteiger partial charge in [-0.25, -0.2) is 4.79 Å². The van der Waals surface area contributed by atoms with Crippen LogP contribution >= 0.6 is 0 Å². The van der Waals surface area contributed by atoms with Crippen molar-refractivity contribution >= 4 is 17.9 Å². The number of alkyl carbamates (subject to hydrolysis) is 1. The number of hydrogen-bond donors (Lipinski definition) is 3. The fraction of sp³-hybridized carbons (Fsp3) is 0.516. The first-order valence-corrected chi connectivity index (χ1v) is 13.6. The quantitative estimate of drug-likeness (QED) is 0.350. The number of ether oxygens (including phenoxy) is 1. The molecule has 3 amide bonds. The summed E-state index contributed by atoms with van der Waals surface area (Å²) in [5, 5.41) is 16.7. The number of amides is 3. The van der Waals surface area contributed by atoms with Crippen LogP contribution in [0.15, 0.2) is 48.5 Å². The third-order valence-electron chi connectivity index (χ3n) is 6.13. The molecule has 2 unspecified atom stereocenters. The summed E-state index contributed by atoms with van der Waals surface area (Å²) in [6.07, 6.45) is 1.13. The molecule has 0 aliphatic rings. The van der Waals surface area contributed by atoms with Crippen LogP contribution in [0.4, 0.5) is 4.79 Å². The zero-order valence-corrected chi connectivity index (χ0v) is 24.6. The normalized spacial score (nSPS) is 13.2. The van der Waals surface area contributed by atoms with Crippen LogP contribution in [0.25, 0.3) is 0 Å². The molecule has 0 aromatic heterocycles. The van der Waals surface area contributed by atoms with Gasteiger partial charge < -0.3 is 25.4 Å². The van der Waals surface area contributed by atoms with Crippen LogP contribution < -0.4 is 10.6 Å². The van der Waals surface area contributed by atoms with Gasteiger partial charge in [-0.1, -0.05) is 61.9 Å². The minimum absolute atomic E-state index is 0.0464. The van der Waals surface area contributed by atoms with Gasteiger partial charge in [0.1, 0.15) is 23.4 Å². The van der Waals surface area contributed by atoms with E-state index in [1.54, 1.807) is 45.9 Å². The Balaban J connectivity index is 2.62. The van der Waals surface area contributed by atoms with Crippen molar-refractivity contribution < 1.29 is 24.2 Å². The van der Waals surface area contributed by atoms with Crippen molar-refractivity contribution in [2.75, 3.05) is 6.54 Å². The number of nitrogens with one attached hydrogen (secondary N) is 2. The molecular formula is C31H45N3O5. The lowest BCUT2D eigenvalue weighted by Gasteiger charge is -2.43. The molecule has 2 rings (SSSR count). The number of unbranched alkanes of at least 4 members (excludes halogenated alkanes) is 1. The minimum Gasteiger partial charge on any atom is -0.507 e. The molecule has 2 atom stereocenters. The summed E-state index contributed by atoms with van der Waals surface area (Å²) in [6.45, 7) is 14.9. The molecule has 214 valence electrons. The van der Waals surface area contributed by atoms with Crippen molar-refractivity contribution in [2.45, 2.75) is 97.9 Å². The number of carbonyl (C=O) groups excluding carboxylic acids is 3. The molecule has 0 heterocycles. The van der Waals surface area contributed by atoms with E-state index in [4.69, 9.17) is 4.74 Å². The average molecular weight is 540 g/mol. The fourth-order valence-electron chi connectivity index (χ4n) is 4.30. The molecular weight excluding hydrogens is 494 g/mol. The van der Waals surface area contributed by atoms with Crippen molar-refractivity contribution in [2.24, 2.45) is 0 Å². The largest absolute Gasteiger partial charge is 0.507 e. The SMILES string of the molecule is CCCCNC(=O)C(c1cccc(C)c1O)N(C(=O)C(Cc1ccccc1)NC(=O)OC(C)(C)C)C(C)(C)C. The zero-order valence-electron chi connectivity index (χ0n) is 24.6. The molecule has 8 heteroatoms. The number of nitrogens with zero attached hydrogens (tertiary/aromatic N) is 1. The van der Waals surface area contributed by atoms with E-state index in [2.05, 4.69) is 10.6 Å². The fourth-order valence-corrected chi connectivity index (χ4v) is 4.30. The van der Waals surface area contributed by atoms with Gasteiger partial charge in [0.05, 0.1) is 0 Å². The van der Waals surface area contributed by atoms with E-state index in [1.165, 1.54) is 4.90 Å². The number of para-hydroxylation sites is 1.